The number of nitrogens with zero attached hydrogens (tertiary/aromatic N) is 3. The summed E-state index contributed by atoms with van der Waals surface area (Å²) >= 11 is 0. The van der Waals surface area contributed by atoms with Crippen molar-refractivity contribution in [3.05, 3.63) is 17.7 Å². The van der Waals surface area contributed by atoms with Crippen LogP contribution in [-0.4, -0.2) is 46.9 Å². The Balaban J connectivity index is 2.08. The average Bonchev–Trinajstić information content (AvgIpc) is 2.85. The second-order valence-electron chi connectivity index (χ2n) is 6.06. The molecule has 130 valence electrons. The average molecular weight is 331 g/mol. The van der Waals surface area contributed by atoms with E-state index in [0.717, 1.165) is 18.6 Å². The Morgan fingerprint density at radius 2 is 2.21 bits per heavy atom. The highest BCUT2D eigenvalue weighted by atomic mass is 16.5. The molecular formula is C16H26BN5O2. The number of hydrogen-bond donors (Lipinski definition) is 3. The van der Waals surface area contributed by atoms with Crippen molar-refractivity contribution in [2.75, 3.05) is 24.3 Å². The van der Waals surface area contributed by atoms with Crippen LogP contribution in [0.1, 0.15) is 33.1 Å². The minimum Gasteiger partial charge on any atom is -0.482 e. The lowest BCUT2D eigenvalue weighted by Crippen LogP contribution is -2.22. The summed E-state index contributed by atoms with van der Waals surface area (Å²) in [6.45, 7) is 6.91. The molecule has 0 unspecified atom stereocenters. The summed E-state index contributed by atoms with van der Waals surface area (Å²) in [4.78, 5) is 12.8. The molecule has 1 aromatic rings. The Hall–Kier alpha value is -2.09. The first-order chi connectivity index (χ1) is 11.5. The van der Waals surface area contributed by atoms with Gasteiger partial charge in [-0.15, -0.1) is 0 Å². The van der Waals surface area contributed by atoms with Crippen LogP contribution in [0.3, 0.4) is 0 Å². The molecule has 0 spiro atoms. The lowest BCUT2D eigenvalue weighted by atomic mass is 9.61. The monoisotopic (exact) mass is 331 g/mol. The van der Waals surface area contributed by atoms with E-state index in [-0.39, 0.29) is 25.4 Å². The third-order valence-electron chi connectivity index (χ3n) is 4.02. The van der Waals surface area contributed by atoms with Gasteiger partial charge < -0.3 is 25.8 Å². The number of nitrogen functional groups attached to an aromatic ring is 1. The van der Waals surface area contributed by atoms with Crippen molar-refractivity contribution in [3.8, 4) is 5.75 Å². The summed E-state index contributed by atoms with van der Waals surface area (Å²) in [7, 11) is 0. The number of aliphatic hydroxyl groups excluding tert-OH is 1. The summed E-state index contributed by atoms with van der Waals surface area (Å²) in [6, 6.07) is 0.114. The quantitative estimate of drug-likeness (QED) is 0.597. The number of rotatable bonds is 9. The molecule has 1 aromatic heterocycles. The van der Waals surface area contributed by atoms with Crippen LogP contribution in [0.2, 0.25) is 6.82 Å². The fourth-order valence-electron chi connectivity index (χ4n) is 2.58. The molecular weight excluding hydrogens is 305 g/mol. The van der Waals surface area contributed by atoms with Gasteiger partial charge in [0.1, 0.15) is 6.61 Å². The Bertz CT molecular complexity index is 614. The van der Waals surface area contributed by atoms with Crippen molar-refractivity contribution in [2.24, 2.45) is 4.90 Å². The molecule has 0 radical (unpaired) electrons. The van der Waals surface area contributed by atoms with E-state index in [9.17, 15) is 5.11 Å². The third kappa shape index (κ3) is 4.96. The molecule has 0 aromatic carbocycles. The summed E-state index contributed by atoms with van der Waals surface area (Å²) < 4.78 is 5.85. The van der Waals surface area contributed by atoms with Gasteiger partial charge in [0.15, 0.2) is 11.6 Å². The molecule has 0 amide bonds. The van der Waals surface area contributed by atoms with E-state index in [1.807, 2.05) is 6.08 Å². The van der Waals surface area contributed by atoms with Crippen LogP contribution in [0.5, 0.6) is 5.75 Å². The fourth-order valence-corrected chi connectivity index (χ4v) is 2.58. The SMILES string of the molecule is CCC[C@@H](CCO)Nc1nc(N)ncc1OCC1=NB(C)C(C)=C1. The van der Waals surface area contributed by atoms with Crippen LogP contribution in [0.25, 0.3) is 0 Å². The molecule has 8 heteroatoms. The first-order valence-electron chi connectivity index (χ1n) is 8.41. The highest BCUT2D eigenvalue weighted by Gasteiger charge is 2.18. The molecule has 1 aliphatic rings. The van der Waals surface area contributed by atoms with Crippen molar-refractivity contribution < 1.29 is 9.84 Å². The van der Waals surface area contributed by atoms with Gasteiger partial charge in [-0.2, -0.15) is 4.98 Å². The van der Waals surface area contributed by atoms with Gasteiger partial charge in [0, 0.05) is 12.6 Å². The first kappa shape index (κ1) is 18.3. The van der Waals surface area contributed by atoms with Crippen LogP contribution < -0.4 is 15.8 Å². The van der Waals surface area contributed by atoms with Crippen LogP contribution in [0.15, 0.2) is 22.6 Å². The van der Waals surface area contributed by atoms with E-state index in [1.54, 1.807) is 6.20 Å². The van der Waals surface area contributed by atoms with Crippen molar-refractivity contribution in [1.29, 1.82) is 0 Å². The number of allylic oxidation sites excluding steroid dienone is 1. The van der Waals surface area contributed by atoms with Gasteiger partial charge in [0.05, 0.1) is 11.9 Å². The molecule has 0 aliphatic carbocycles. The number of nitrogens with two attached hydrogens (primary N) is 1. The van der Waals surface area contributed by atoms with Gasteiger partial charge in [0.25, 0.3) is 0 Å². The molecule has 4 N–H and O–H groups in total. The van der Waals surface area contributed by atoms with E-state index in [0.29, 0.717) is 24.6 Å². The molecule has 24 heavy (non-hydrogen) atoms. The standard InChI is InChI=1S/C16H26BN5O2/c1-4-5-12(6-7-23)20-15-14(9-19-16(18)21-15)24-10-13-8-11(2)17(3)22-13/h8-9,12,23H,4-7,10H2,1-3H3,(H3,18,19,20,21)/t12-/m0/s1. The van der Waals surface area contributed by atoms with Gasteiger partial charge in [-0.3, -0.25) is 0 Å². The number of ether oxygens (including phenoxy) is 1. The van der Waals surface area contributed by atoms with E-state index in [4.69, 9.17) is 10.5 Å². The molecule has 0 saturated heterocycles. The largest absolute Gasteiger partial charge is 0.482 e. The van der Waals surface area contributed by atoms with Crippen LogP contribution in [0, 0.1) is 0 Å². The maximum Gasteiger partial charge on any atom is 0.304 e. The van der Waals surface area contributed by atoms with Crippen LogP contribution >= 0.6 is 0 Å². The first-order valence-corrected chi connectivity index (χ1v) is 8.41. The smallest absolute Gasteiger partial charge is 0.304 e. The number of aromatic nitrogens is 2. The predicted molar refractivity (Wildman–Crippen MR) is 98.8 cm³/mol. The molecule has 1 atom stereocenters. The third-order valence-corrected chi connectivity index (χ3v) is 4.02. The molecule has 0 fully saturated rings. The number of hydrogen-bond acceptors (Lipinski definition) is 7. The van der Waals surface area contributed by atoms with Crippen molar-refractivity contribution in [1.82, 2.24) is 9.97 Å². The minimum atomic E-state index is 0.114. The van der Waals surface area contributed by atoms with E-state index in [1.165, 1.54) is 5.47 Å². The lowest BCUT2D eigenvalue weighted by molar-refractivity contribution is 0.276. The maximum absolute atomic E-state index is 9.21. The highest BCUT2D eigenvalue weighted by Crippen LogP contribution is 2.24. The topological polar surface area (TPSA) is 106 Å². The van der Waals surface area contributed by atoms with Gasteiger partial charge >= 0.3 is 6.85 Å². The molecule has 0 bridgehead atoms. The van der Waals surface area contributed by atoms with Crippen molar-refractivity contribution in [2.45, 2.75) is 46.0 Å². The lowest BCUT2D eigenvalue weighted by Gasteiger charge is -2.19. The van der Waals surface area contributed by atoms with E-state index >= 15 is 0 Å². The number of aliphatic hydroxyl groups is 1. The van der Waals surface area contributed by atoms with Crippen LogP contribution in [-0.2, 0) is 0 Å². The zero-order chi connectivity index (χ0) is 17.5. The number of nitrogens with one attached hydrogen (secondary N) is 1. The molecule has 2 heterocycles. The Morgan fingerprint density at radius 3 is 2.83 bits per heavy atom. The molecule has 2 rings (SSSR count). The summed E-state index contributed by atoms with van der Waals surface area (Å²) in [5, 5.41) is 12.5. The van der Waals surface area contributed by atoms with E-state index < -0.39 is 0 Å². The normalized spacial score (nSPS) is 15.1. The Labute approximate surface area is 143 Å². The van der Waals surface area contributed by atoms with Gasteiger partial charge in [-0.1, -0.05) is 25.6 Å². The minimum absolute atomic E-state index is 0.114. The second-order valence-corrected chi connectivity index (χ2v) is 6.06. The van der Waals surface area contributed by atoms with Gasteiger partial charge in [-0.05, 0) is 25.8 Å². The maximum atomic E-state index is 9.21. The van der Waals surface area contributed by atoms with Crippen LogP contribution in [0.4, 0.5) is 11.8 Å². The molecule has 1 aliphatic heterocycles. The second kappa shape index (κ2) is 8.68. The molecule has 7 nitrogen and oxygen atoms in total. The Morgan fingerprint density at radius 1 is 1.42 bits per heavy atom. The van der Waals surface area contributed by atoms with Crippen molar-refractivity contribution in [3.63, 3.8) is 0 Å². The zero-order valence-electron chi connectivity index (χ0n) is 14.6. The fraction of sp³-hybridized carbons (Fsp3) is 0.562. The summed E-state index contributed by atoms with van der Waals surface area (Å²) in [5.74, 6) is 1.28. The highest BCUT2D eigenvalue weighted by molar-refractivity contribution is 6.67. The molecule has 0 saturated carbocycles. The van der Waals surface area contributed by atoms with E-state index in [2.05, 4.69) is 40.9 Å². The summed E-state index contributed by atoms with van der Waals surface area (Å²) in [5.41, 5.74) is 7.84. The van der Waals surface area contributed by atoms with Crippen molar-refractivity contribution >= 4 is 24.3 Å². The zero-order valence-corrected chi connectivity index (χ0v) is 14.6. The number of anilines is 2. The van der Waals surface area contributed by atoms with Gasteiger partial charge in [0.2, 0.25) is 5.95 Å². The predicted octanol–water partition coefficient (Wildman–Crippen LogP) is 1.96. The summed E-state index contributed by atoms with van der Waals surface area (Å²) in [6.07, 6.45) is 6.19. The van der Waals surface area contributed by atoms with Gasteiger partial charge in [-0.25, -0.2) is 4.98 Å². The Kier molecular flexibility index (Phi) is 6.60.